The lowest BCUT2D eigenvalue weighted by molar-refractivity contribution is 0.498. The molecule has 1 atom stereocenters. The average molecular weight is 205 g/mol. The number of anilines is 1. The van der Waals surface area contributed by atoms with Gasteiger partial charge in [-0.05, 0) is 19.1 Å². The summed E-state index contributed by atoms with van der Waals surface area (Å²) in [7, 11) is 1.91. The zero-order valence-electron chi connectivity index (χ0n) is 8.97. The Hall–Kier alpha value is -1.71. The van der Waals surface area contributed by atoms with Crippen molar-refractivity contribution in [2.45, 2.75) is 19.4 Å². The summed E-state index contributed by atoms with van der Waals surface area (Å²) in [6, 6.07) is 4.23. The topological polar surface area (TPSA) is 43.0 Å². The Morgan fingerprint density at radius 1 is 1.60 bits per heavy atom. The van der Waals surface area contributed by atoms with Crippen molar-refractivity contribution in [3.63, 3.8) is 0 Å². The molecular weight excluding hydrogens is 190 g/mol. The first-order valence-electron chi connectivity index (χ1n) is 5.01. The van der Waals surface area contributed by atoms with E-state index >= 15 is 0 Å². The van der Waals surface area contributed by atoms with Crippen molar-refractivity contribution in [2.75, 3.05) is 5.32 Å². The summed E-state index contributed by atoms with van der Waals surface area (Å²) in [5, 5.41) is 7.46. The predicted octanol–water partition coefficient (Wildman–Crippen LogP) is 2.06. The zero-order chi connectivity index (χ0) is 10.7. The molecule has 0 radical (unpaired) electrons. The number of furan rings is 1. The fourth-order valence-corrected chi connectivity index (χ4v) is 1.56. The van der Waals surface area contributed by atoms with Gasteiger partial charge in [0, 0.05) is 25.7 Å². The van der Waals surface area contributed by atoms with E-state index in [9.17, 15) is 0 Å². The Balaban J connectivity index is 1.90. The van der Waals surface area contributed by atoms with E-state index in [1.807, 2.05) is 31.6 Å². The molecule has 1 N–H and O–H groups in total. The fraction of sp³-hybridized carbons (Fsp3) is 0.364. The molecule has 0 aliphatic rings. The quantitative estimate of drug-likeness (QED) is 0.830. The van der Waals surface area contributed by atoms with Crippen LogP contribution >= 0.6 is 0 Å². The Labute approximate surface area is 88.9 Å². The molecule has 0 aliphatic carbocycles. The maximum Gasteiger partial charge on any atom is 0.105 e. The number of rotatable bonds is 4. The van der Waals surface area contributed by atoms with Crippen LogP contribution in [0.2, 0.25) is 0 Å². The van der Waals surface area contributed by atoms with Gasteiger partial charge in [-0.1, -0.05) is 0 Å². The van der Waals surface area contributed by atoms with Crippen LogP contribution in [-0.4, -0.2) is 15.8 Å². The molecule has 2 heterocycles. The first-order valence-corrected chi connectivity index (χ1v) is 5.01. The fourth-order valence-electron chi connectivity index (χ4n) is 1.56. The molecule has 0 fully saturated rings. The Morgan fingerprint density at radius 3 is 3.07 bits per heavy atom. The molecule has 1 unspecified atom stereocenters. The number of hydrogen-bond donors (Lipinski definition) is 1. The van der Waals surface area contributed by atoms with Crippen LogP contribution in [-0.2, 0) is 13.5 Å². The van der Waals surface area contributed by atoms with Crippen LogP contribution in [0.3, 0.4) is 0 Å². The predicted molar refractivity (Wildman–Crippen MR) is 58.7 cm³/mol. The maximum absolute atomic E-state index is 5.29. The van der Waals surface area contributed by atoms with E-state index in [0.29, 0.717) is 6.04 Å². The van der Waals surface area contributed by atoms with Gasteiger partial charge in [-0.3, -0.25) is 4.68 Å². The third kappa shape index (κ3) is 2.62. The summed E-state index contributed by atoms with van der Waals surface area (Å²) in [6.07, 6.45) is 6.35. The minimum Gasteiger partial charge on any atom is -0.469 e. The highest BCUT2D eigenvalue weighted by molar-refractivity contribution is 5.39. The van der Waals surface area contributed by atoms with Gasteiger partial charge >= 0.3 is 0 Å². The molecule has 15 heavy (non-hydrogen) atoms. The van der Waals surface area contributed by atoms with Gasteiger partial charge in [-0.2, -0.15) is 5.10 Å². The smallest absolute Gasteiger partial charge is 0.105 e. The number of aromatic nitrogens is 2. The van der Waals surface area contributed by atoms with E-state index in [1.54, 1.807) is 10.9 Å². The molecular formula is C11H15N3O. The first kappa shape index (κ1) is 9.83. The summed E-state index contributed by atoms with van der Waals surface area (Å²) in [5.74, 6) is 0.999. The van der Waals surface area contributed by atoms with Gasteiger partial charge in [-0.25, -0.2) is 0 Å². The van der Waals surface area contributed by atoms with Gasteiger partial charge in [-0.15, -0.1) is 0 Å². The van der Waals surface area contributed by atoms with E-state index in [1.165, 1.54) is 0 Å². The van der Waals surface area contributed by atoms with Gasteiger partial charge in [0.1, 0.15) is 5.76 Å². The first-order chi connectivity index (χ1) is 7.24. The summed E-state index contributed by atoms with van der Waals surface area (Å²) in [4.78, 5) is 0. The van der Waals surface area contributed by atoms with Crippen molar-refractivity contribution in [2.24, 2.45) is 7.05 Å². The maximum atomic E-state index is 5.29. The van der Waals surface area contributed by atoms with Gasteiger partial charge in [0.25, 0.3) is 0 Å². The van der Waals surface area contributed by atoms with Crippen molar-refractivity contribution in [3.05, 3.63) is 36.5 Å². The molecule has 0 aliphatic heterocycles. The Morgan fingerprint density at radius 2 is 2.47 bits per heavy atom. The van der Waals surface area contributed by atoms with Crippen LogP contribution in [0.5, 0.6) is 0 Å². The van der Waals surface area contributed by atoms with Crippen molar-refractivity contribution >= 4 is 5.69 Å². The second-order valence-electron chi connectivity index (χ2n) is 3.73. The highest BCUT2D eigenvalue weighted by atomic mass is 16.3. The third-order valence-corrected chi connectivity index (χ3v) is 2.21. The molecule has 0 spiro atoms. The van der Waals surface area contributed by atoms with Crippen LogP contribution < -0.4 is 5.32 Å². The molecule has 0 aromatic carbocycles. The highest BCUT2D eigenvalue weighted by Gasteiger charge is 2.06. The SMILES string of the molecule is CC(Cc1ccco1)Nc1cnn(C)c1. The standard InChI is InChI=1S/C11H15N3O/c1-9(6-11-4-3-5-15-11)13-10-7-12-14(2)8-10/h3-5,7-9,13H,6H2,1-2H3. The van der Waals surface area contributed by atoms with Crippen LogP contribution in [0.25, 0.3) is 0 Å². The van der Waals surface area contributed by atoms with Crippen LogP contribution in [0.1, 0.15) is 12.7 Å². The highest BCUT2D eigenvalue weighted by Crippen LogP contribution is 2.10. The summed E-state index contributed by atoms with van der Waals surface area (Å²) < 4.78 is 7.07. The Kier molecular flexibility index (Phi) is 2.76. The van der Waals surface area contributed by atoms with Gasteiger partial charge in [0.15, 0.2) is 0 Å². The van der Waals surface area contributed by atoms with Gasteiger partial charge in [0.05, 0.1) is 18.1 Å². The summed E-state index contributed by atoms with van der Waals surface area (Å²) >= 11 is 0. The van der Waals surface area contributed by atoms with Crippen molar-refractivity contribution in [1.82, 2.24) is 9.78 Å². The van der Waals surface area contributed by atoms with E-state index in [2.05, 4.69) is 17.3 Å². The minimum absolute atomic E-state index is 0.334. The molecule has 0 amide bonds. The van der Waals surface area contributed by atoms with E-state index < -0.39 is 0 Å². The monoisotopic (exact) mass is 205 g/mol. The van der Waals surface area contributed by atoms with Crippen molar-refractivity contribution < 1.29 is 4.42 Å². The van der Waals surface area contributed by atoms with Gasteiger partial charge in [0.2, 0.25) is 0 Å². The van der Waals surface area contributed by atoms with Crippen molar-refractivity contribution in [1.29, 1.82) is 0 Å². The van der Waals surface area contributed by atoms with E-state index in [-0.39, 0.29) is 0 Å². The van der Waals surface area contributed by atoms with Crippen LogP contribution in [0, 0.1) is 0 Å². The number of hydrogen-bond acceptors (Lipinski definition) is 3. The van der Waals surface area contributed by atoms with Gasteiger partial charge < -0.3 is 9.73 Å². The molecule has 0 saturated heterocycles. The van der Waals surface area contributed by atoms with Crippen molar-refractivity contribution in [3.8, 4) is 0 Å². The molecule has 80 valence electrons. The lowest BCUT2D eigenvalue weighted by Gasteiger charge is -2.11. The molecule has 2 aromatic rings. The Bertz CT molecular complexity index is 405. The second-order valence-corrected chi connectivity index (χ2v) is 3.73. The molecule has 0 saturated carbocycles. The lowest BCUT2D eigenvalue weighted by Crippen LogP contribution is -2.17. The number of nitrogens with zero attached hydrogens (tertiary/aromatic N) is 2. The van der Waals surface area contributed by atoms with Crippen LogP contribution in [0.15, 0.2) is 35.2 Å². The molecule has 0 bridgehead atoms. The molecule has 2 rings (SSSR count). The molecule has 4 nitrogen and oxygen atoms in total. The van der Waals surface area contributed by atoms with E-state index in [4.69, 9.17) is 4.42 Å². The number of aryl methyl sites for hydroxylation is 1. The largest absolute Gasteiger partial charge is 0.469 e. The average Bonchev–Trinajstić information content (AvgIpc) is 2.77. The lowest BCUT2D eigenvalue weighted by atomic mass is 10.2. The number of nitrogens with one attached hydrogen (secondary N) is 1. The molecule has 2 aromatic heterocycles. The minimum atomic E-state index is 0.334. The normalized spacial score (nSPS) is 12.7. The molecule has 4 heteroatoms. The zero-order valence-corrected chi connectivity index (χ0v) is 8.97. The second kappa shape index (κ2) is 4.21. The summed E-state index contributed by atoms with van der Waals surface area (Å²) in [5.41, 5.74) is 1.04. The summed E-state index contributed by atoms with van der Waals surface area (Å²) in [6.45, 7) is 2.12. The van der Waals surface area contributed by atoms with Crippen LogP contribution in [0.4, 0.5) is 5.69 Å². The third-order valence-electron chi connectivity index (χ3n) is 2.21. The van der Waals surface area contributed by atoms with E-state index in [0.717, 1.165) is 17.9 Å².